The fraction of sp³-hybridized carbons (Fsp3) is 0.316. The first kappa shape index (κ1) is 19.2. The molecule has 0 saturated carbocycles. The molecular formula is C19H20F2N4OS. The molecule has 0 spiro atoms. The van der Waals surface area contributed by atoms with E-state index in [1.165, 1.54) is 10.7 Å². The van der Waals surface area contributed by atoms with Crippen molar-refractivity contribution in [2.45, 2.75) is 38.8 Å². The number of nitrogens with zero attached hydrogens (tertiary/aromatic N) is 3. The van der Waals surface area contributed by atoms with E-state index in [-0.39, 0.29) is 17.6 Å². The third-order valence-electron chi connectivity index (χ3n) is 4.26. The van der Waals surface area contributed by atoms with Crippen LogP contribution in [0.15, 0.2) is 48.0 Å². The zero-order valence-electron chi connectivity index (χ0n) is 15.0. The molecule has 1 amide bonds. The van der Waals surface area contributed by atoms with Gasteiger partial charge in [0.15, 0.2) is 0 Å². The second-order valence-electron chi connectivity index (χ2n) is 6.23. The van der Waals surface area contributed by atoms with Gasteiger partial charge >= 0.3 is 0 Å². The Morgan fingerprint density at radius 1 is 1.26 bits per heavy atom. The first-order valence-electron chi connectivity index (χ1n) is 8.53. The number of aryl methyl sites for hydroxylation is 1. The van der Waals surface area contributed by atoms with Crippen LogP contribution in [0.1, 0.15) is 47.4 Å². The van der Waals surface area contributed by atoms with Crippen molar-refractivity contribution in [3.63, 3.8) is 0 Å². The standard InChI is InChI=1S/C19H20F2N4OS/c1-12-10-17(18(20)21)24-25(12)13(2)19(26)23-16(11-14-6-5-9-27-14)15-7-3-4-8-22-15/h3-10,13,16,18H,11H2,1-2H3,(H,23,26)/t13-,16-/m1/s1. The number of alkyl halides is 2. The molecule has 8 heteroatoms. The van der Waals surface area contributed by atoms with E-state index < -0.39 is 12.5 Å². The molecule has 0 aliphatic rings. The first-order chi connectivity index (χ1) is 13.0. The van der Waals surface area contributed by atoms with E-state index in [9.17, 15) is 13.6 Å². The molecule has 0 fully saturated rings. The lowest BCUT2D eigenvalue weighted by Crippen LogP contribution is -2.36. The molecule has 1 N–H and O–H groups in total. The summed E-state index contributed by atoms with van der Waals surface area (Å²) in [5, 5.41) is 8.85. The van der Waals surface area contributed by atoms with E-state index in [4.69, 9.17) is 0 Å². The highest BCUT2D eigenvalue weighted by atomic mass is 32.1. The van der Waals surface area contributed by atoms with Crippen molar-refractivity contribution in [3.8, 4) is 0 Å². The maximum absolute atomic E-state index is 12.9. The third-order valence-corrected chi connectivity index (χ3v) is 5.16. The molecule has 3 aromatic rings. The molecule has 142 valence electrons. The lowest BCUT2D eigenvalue weighted by molar-refractivity contribution is -0.125. The topological polar surface area (TPSA) is 59.8 Å². The molecule has 3 rings (SSSR count). The van der Waals surface area contributed by atoms with Gasteiger partial charge < -0.3 is 5.32 Å². The minimum Gasteiger partial charge on any atom is -0.346 e. The predicted molar refractivity (Wildman–Crippen MR) is 99.8 cm³/mol. The lowest BCUT2D eigenvalue weighted by Gasteiger charge is -2.21. The van der Waals surface area contributed by atoms with Crippen molar-refractivity contribution in [3.05, 3.63) is 69.9 Å². The van der Waals surface area contributed by atoms with Crippen LogP contribution in [0.2, 0.25) is 0 Å². The number of rotatable bonds is 7. The molecule has 0 bridgehead atoms. The first-order valence-corrected chi connectivity index (χ1v) is 9.41. The van der Waals surface area contributed by atoms with Crippen LogP contribution in [-0.4, -0.2) is 20.7 Å². The van der Waals surface area contributed by atoms with Crippen LogP contribution in [-0.2, 0) is 11.2 Å². The Hall–Kier alpha value is -2.61. The largest absolute Gasteiger partial charge is 0.346 e. The zero-order valence-corrected chi connectivity index (χ0v) is 15.8. The van der Waals surface area contributed by atoms with Crippen molar-refractivity contribution >= 4 is 17.2 Å². The van der Waals surface area contributed by atoms with Gasteiger partial charge in [-0.25, -0.2) is 8.78 Å². The maximum atomic E-state index is 12.9. The summed E-state index contributed by atoms with van der Waals surface area (Å²) in [6, 6.07) is 9.77. The number of pyridine rings is 1. The summed E-state index contributed by atoms with van der Waals surface area (Å²) in [5.41, 5.74) is 0.935. The summed E-state index contributed by atoms with van der Waals surface area (Å²) in [7, 11) is 0. The van der Waals surface area contributed by atoms with Gasteiger partial charge in [0.1, 0.15) is 11.7 Å². The molecule has 5 nitrogen and oxygen atoms in total. The summed E-state index contributed by atoms with van der Waals surface area (Å²) >= 11 is 1.61. The van der Waals surface area contributed by atoms with Crippen molar-refractivity contribution in [2.24, 2.45) is 0 Å². The van der Waals surface area contributed by atoms with Gasteiger partial charge in [-0.1, -0.05) is 12.1 Å². The number of hydrogen-bond donors (Lipinski definition) is 1. The van der Waals surface area contributed by atoms with Crippen LogP contribution in [0.25, 0.3) is 0 Å². The van der Waals surface area contributed by atoms with Crippen LogP contribution in [0.5, 0.6) is 0 Å². The summed E-state index contributed by atoms with van der Waals surface area (Å²) in [4.78, 5) is 18.3. The minimum atomic E-state index is -2.67. The molecular weight excluding hydrogens is 370 g/mol. The zero-order chi connectivity index (χ0) is 19.4. The van der Waals surface area contributed by atoms with E-state index in [0.29, 0.717) is 12.1 Å². The second-order valence-corrected chi connectivity index (χ2v) is 7.26. The summed E-state index contributed by atoms with van der Waals surface area (Å²) in [5.74, 6) is -0.297. The number of amides is 1. The Balaban J connectivity index is 1.79. The number of thiophene rings is 1. The van der Waals surface area contributed by atoms with Crippen molar-refractivity contribution in [1.29, 1.82) is 0 Å². The number of aromatic nitrogens is 3. The van der Waals surface area contributed by atoms with Crippen LogP contribution >= 0.6 is 11.3 Å². The molecule has 0 aliphatic heterocycles. The smallest absolute Gasteiger partial charge is 0.282 e. The maximum Gasteiger partial charge on any atom is 0.282 e. The quantitative estimate of drug-likeness (QED) is 0.656. The van der Waals surface area contributed by atoms with E-state index in [1.54, 1.807) is 31.4 Å². The highest BCUT2D eigenvalue weighted by molar-refractivity contribution is 7.09. The second kappa shape index (κ2) is 8.39. The highest BCUT2D eigenvalue weighted by Crippen LogP contribution is 2.23. The molecule has 0 radical (unpaired) electrons. The van der Waals surface area contributed by atoms with Gasteiger partial charge in [-0.15, -0.1) is 11.3 Å². The Bertz CT molecular complexity index is 881. The number of carbonyl (C=O) groups is 1. The van der Waals surface area contributed by atoms with Crippen LogP contribution < -0.4 is 5.32 Å². The molecule has 2 atom stereocenters. The average Bonchev–Trinajstić information content (AvgIpc) is 3.30. The normalized spacial score (nSPS) is 13.5. The fourth-order valence-corrected chi connectivity index (χ4v) is 3.61. The molecule has 0 aliphatic carbocycles. The average molecular weight is 390 g/mol. The number of nitrogens with one attached hydrogen (secondary N) is 1. The van der Waals surface area contributed by atoms with Crippen LogP contribution in [0, 0.1) is 6.92 Å². The van der Waals surface area contributed by atoms with Crippen molar-refractivity contribution in [2.75, 3.05) is 0 Å². The van der Waals surface area contributed by atoms with Crippen LogP contribution in [0.4, 0.5) is 8.78 Å². The van der Waals surface area contributed by atoms with Gasteiger partial charge in [0.2, 0.25) is 5.91 Å². The summed E-state index contributed by atoms with van der Waals surface area (Å²) < 4.78 is 27.1. The highest BCUT2D eigenvalue weighted by Gasteiger charge is 2.24. The number of hydrogen-bond acceptors (Lipinski definition) is 4. The number of halogens is 2. The van der Waals surface area contributed by atoms with Crippen molar-refractivity contribution < 1.29 is 13.6 Å². The fourth-order valence-electron chi connectivity index (χ4n) is 2.86. The Kier molecular flexibility index (Phi) is 5.95. The van der Waals surface area contributed by atoms with E-state index >= 15 is 0 Å². The van der Waals surface area contributed by atoms with Gasteiger partial charge in [-0.05, 0) is 43.5 Å². The Labute approximate surface area is 160 Å². The van der Waals surface area contributed by atoms with E-state index in [2.05, 4.69) is 15.4 Å². The van der Waals surface area contributed by atoms with Crippen molar-refractivity contribution in [1.82, 2.24) is 20.1 Å². The number of carbonyl (C=O) groups excluding carboxylic acids is 1. The summed E-state index contributed by atoms with van der Waals surface area (Å²) in [6.45, 7) is 3.30. The SMILES string of the molecule is Cc1cc(C(F)F)nn1[C@H](C)C(=O)N[C@H](Cc1cccs1)c1ccccn1. The predicted octanol–water partition coefficient (Wildman–Crippen LogP) is 4.25. The van der Waals surface area contributed by atoms with E-state index in [1.807, 2.05) is 35.7 Å². The molecule has 27 heavy (non-hydrogen) atoms. The third kappa shape index (κ3) is 4.57. The van der Waals surface area contributed by atoms with E-state index in [0.717, 1.165) is 10.6 Å². The van der Waals surface area contributed by atoms with Gasteiger partial charge in [0, 0.05) is 23.2 Å². The monoisotopic (exact) mass is 390 g/mol. The Morgan fingerprint density at radius 3 is 2.67 bits per heavy atom. The lowest BCUT2D eigenvalue weighted by atomic mass is 10.1. The minimum absolute atomic E-state index is 0.297. The van der Waals surface area contributed by atoms with Gasteiger partial charge in [0.05, 0.1) is 11.7 Å². The molecule has 0 unspecified atom stereocenters. The molecule has 3 aromatic heterocycles. The molecule has 0 saturated heterocycles. The van der Waals surface area contributed by atoms with Gasteiger partial charge in [0.25, 0.3) is 6.43 Å². The Morgan fingerprint density at radius 2 is 2.07 bits per heavy atom. The summed E-state index contributed by atoms with van der Waals surface area (Å²) in [6.07, 6.45) is -0.382. The molecule has 3 heterocycles. The van der Waals surface area contributed by atoms with Gasteiger partial charge in [-0.2, -0.15) is 5.10 Å². The molecule has 0 aromatic carbocycles. The van der Waals surface area contributed by atoms with Gasteiger partial charge in [-0.3, -0.25) is 14.5 Å². The van der Waals surface area contributed by atoms with Crippen LogP contribution in [0.3, 0.4) is 0 Å².